The van der Waals surface area contributed by atoms with Gasteiger partial charge in [-0.1, -0.05) is 78.9 Å². The van der Waals surface area contributed by atoms with Crippen molar-refractivity contribution in [2.75, 3.05) is 5.73 Å². The lowest BCUT2D eigenvalue weighted by Gasteiger charge is -2.32. The minimum Gasteiger partial charge on any atom is -0.398 e. The van der Waals surface area contributed by atoms with Crippen LogP contribution in [0.15, 0.2) is 84.9 Å². The van der Waals surface area contributed by atoms with E-state index in [2.05, 4.69) is 63.8 Å². The van der Waals surface area contributed by atoms with E-state index in [4.69, 9.17) is 5.73 Å². The smallest absolute Gasteiger partial charge is 0.0611 e. The standard InChI is InChI=1S/C19H18NP.BrH/c20-18-14-8-7-13-17(18)19(21,15-9-3-1-4-10-15)16-11-5-2-6-12-16;/h1-14H,20-21H2;1H. The van der Waals surface area contributed by atoms with Crippen molar-refractivity contribution in [3.63, 3.8) is 0 Å². The largest absolute Gasteiger partial charge is 0.398 e. The summed E-state index contributed by atoms with van der Waals surface area (Å²) in [4.78, 5) is 0. The van der Waals surface area contributed by atoms with Crippen LogP contribution in [0.25, 0.3) is 0 Å². The quantitative estimate of drug-likeness (QED) is 0.390. The van der Waals surface area contributed by atoms with Crippen molar-refractivity contribution in [3.8, 4) is 0 Å². The maximum absolute atomic E-state index is 6.27. The number of nitrogen functional groups attached to an aromatic ring is 1. The van der Waals surface area contributed by atoms with Crippen molar-refractivity contribution < 1.29 is 0 Å². The average molecular weight is 372 g/mol. The second-order valence-electron chi connectivity index (χ2n) is 5.13. The number of rotatable bonds is 3. The third kappa shape index (κ3) is 2.95. The van der Waals surface area contributed by atoms with E-state index in [9.17, 15) is 0 Å². The SMILES string of the molecule is Br.Nc1ccccc1C(P)(c1ccccc1)c1ccccc1. The van der Waals surface area contributed by atoms with Gasteiger partial charge in [-0.3, -0.25) is 0 Å². The monoisotopic (exact) mass is 371 g/mol. The van der Waals surface area contributed by atoms with Gasteiger partial charge in [0, 0.05) is 5.69 Å². The van der Waals surface area contributed by atoms with Gasteiger partial charge < -0.3 is 5.73 Å². The molecule has 3 heteroatoms. The number of hydrogen-bond donors (Lipinski definition) is 1. The van der Waals surface area contributed by atoms with Crippen LogP contribution in [0.4, 0.5) is 5.69 Å². The van der Waals surface area contributed by atoms with E-state index in [1.807, 2.05) is 30.3 Å². The van der Waals surface area contributed by atoms with Crippen LogP contribution >= 0.6 is 26.2 Å². The Labute approximate surface area is 144 Å². The lowest BCUT2D eigenvalue weighted by atomic mass is 9.83. The summed E-state index contributed by atoms with van der Waals surface area (Å²) in [5, 5.41) is -0.339. The zero-order chi connectivity index (χ0) is 14.7. The summed E-state index contributed by atoms with van der Waals surface area (Å²) in [5.74, 6) is 0. The van der Waals surface area contributed by atoms with Gasteiger partial charge in [0.15, 0.2) is 0 Å². The molecule has 1 unspecified atom stereocenters. The Kier molecular flexibility index (Phi) is 5.39. The van der Waals surface area contributed by atoms with Gasteiger partial charge in [0.1, 0.15) is 0 Å². The van der Waals surface area contributed by atoms with Crippen LogP contribution in [0.5, 0.6) is 0 Å². The van der Waals surface area contributed by atoms with Crippen molar-refractivity contribution in [1.29, 1.82) is 0 Å². The van der Waals surface area contributed by atoms with Crippen LogP contribution in [0.1, 0.15) is 16.7 Å². The highest BCUT2D eigenvalue weighted by atomic mass is 79.9. The van der Waals surface area contributed by atoms with Gasteiger partial charge in [-0.2, -0.15) is 0 Å². The van der Waals surface area contributed by atoms with Crippen LogP contribution in [-0.2, 0) is 5.16 Å². The summed E-state index contributed by atoms with van der Waals surface area (Å²) in [6.45, 7) is 0. The number of halogens is 1. The molecule has 0 radical (unpaired) electrons. The minimum absolute atomic E-state index is 0. The fraction of sp³-hybridized carbons (Fsp3) is 0.0526. The lowest BCUT2D eigenvalue weighted by Crippen LogP contribution is -2.22. The van der Waals surface area contributed by atoms with Crippen molar-refractivity contribution in [2.45, 2.75) is 5.16 Å². The second kappa shape index (κ2) is 7.09. The molecule has 0 heterocycles. The predicted octanol–water partition coefficient (Wildman–Crippen LogP) is 5.01. The highest BCUT2D eigenvalue weighted by molar-refractivity contribution is 8.93. The normalized spacial score (nSPS) is 10.8. The van der Waals surface area contributed by atoms with Crippen molar-refractivity contribution in [1.82, 2.24) is 0 Å². The minimum atomic E-state index is -0.339. The molecule has 0 fully saturated rings. The van der Waals surface area contributed by atoms with Crippen LogP contribution in [-0.4, -0.2) is 0 Å². The first-order valence-electron chi connectivity index (χ1n) is 6.98. The number of para-hydroxylation sites is 1. The van der Waals surface area contributed by atoms with Gasteiger partial charge in [-0.15, -0.1) is 26.2 Å². The van der Waals surface area contributed by atoms with Crippen molar-refractivity contribution >= 4 is 31.9 Å². The Bertz CT molecular complexity index is 689. The zero-order valence-electron chi connectivity index (χ0n) is 12.1. The van der Waals surface area contributed by atoms with Gasteiger partial charge in [0.05, 0.1) is 5.16 Å². The first-order chi connectivity index (χ1) is 10.2. The Morgan fingerprint density at radius 1 is 0.636 bits per heavy atom. The fourth-order valence-electron chi connectivity index (χ4n) is 2.74. The first kappa shape index (κ1) is 16.7. The average Bonchev–Trinajstić information content (AvgIpc) is 2.56. The van der Waals surface area contributed by atoms with E-state index in [0.29, 0.717) is 0 Å². The molecular formula is C19H19BrNP. The Balaban J connectivity index is 0.00000176. The Morgan fingerprint density at radius 3 is 1.50 bits per heavy atom. The molecule has 2 N–H and O–H groups in total. The van der Waals surface area contributed by atoms with E-state index >= 15 is 0 Å². The molecular weight excluding hydrogens is 353 g/mol. The molecule has 3 aromatic carbocycles. The number of anilines is 1. The van der Waals surface area contributed by atoms with Crippen molar-refractivity contribution in [2.24, 2.45) is 0 Å². The molecule has 0 aliphatic carbocycles. The summed E-state index contributed by atoms with van der Waals surface area (Å²) in [6, 6.07) is 29.0. The lowest BCUT2D eigenvalue weighted by molar-refractivity contribution is 0.900. The topological polar surface area (TPSA) is 26.0 Å². The molecule has 0 bridgehead atoms. The molecule has 0 amide bonds. The van der Waals surface area contributed by atoms with Crippen molar-refractivity contribution in [3.05, 3.63) is 102 Å². The maximum Gasteiger partial charge on any atom is 0.0611 e. The zero-order valence-corrected chi connectivity index (χ0v) is 15.0. The Hall–Kier alpha value is -1.63. The molecule has 0 aliphatic heterocycles. The number of benzene rings is 3. The molecule has 22 heavy (non-hydrogen) atoms. The summed E-state index contributed by atoms with van der Waals surface area (Å²) in [5.41, 5.74) is 10.6. The van der Waals surface area contributed by atoms with E-state index in [1.54, 1.807) is 0 Å². The third-order valence-electron chi connectivity index (χ3n) is 3.84. The molecule has 1 atom stereocenters. The van der Waals surface area contributed by atoms with Crippen LogP contribution in [0.3, 0.4) is 0 Å². The van der Waals surface area contributed by atoms with Crippen LogP contribution < -0.4 is 5.73 Å². The second-order valence-corrected chi connectivity index (χ2v) is 5.99. The molecule has 0 saturated heterocycles. The molecule has 3 aromatic rings. The highest BCUT2D eigenvalue weighted by Crippen LogP contribution is 2.46. The molecule has 0 spiro atoms. The van der Waals surface area contributed by atoms with E-state index < -0.39 is 0 Å². The Morgan fingerprint density at radius 2 is 1.05 bits per heavy atom. The summed E-state index contributed by atoms with van der Waals surface area (Å²) in [6.07, 6.45) is 0. The molecule has 3 rings (SSSR count). The van der Waals surface area contributed by atoms with E-state index in [1.165, 1.54) is 11.1 Å². The molecule has 0 aliphatic rings. The maximum atomic E-state index is 6.27. The first-order valence-corrected chi connectivity index (χ1v) is 7.55. The van der Waals surface area contributed by atoms with E-state index in [0.717, 1.165) is 11.3 Å². The van der Waals surface area contributed by atoms with Gasteiger partial charge >= 0.3 is 0 Å². The molecule has 0 saturated carbocycles. The molecule has 1 nitrogen and oxygen atoms in total. The van der Waals surface area contributed by atoms with E-state index in [-0.39, 0.29) is 22.1 Å². The van der Waals surface area contributed by atoms with Gasteiger partial charge in [0.2, 0.25) is 0 Å². The highest BCUT2D eigenvalue weighted by Gasteiger charge is 2.32. The summed E-state index contributed by atoms with van der Waals surface area (Å²) in [7, 11) is 3.01. The van der Waals surface area contributed by atoms with Gasteiger partial charge in [-0.25, -0.2) is 0 Å². The fourth-order valence-corrected chi connectivity index (χ4v) is 3.38. The summed E-state index contributed by atoms with van der Waals surface area (Å²) < 4.78 is 0. The van der Waals surface area contributed by atoms with Crippen LogP contribution in [0.2, 0.25) is 0 Å². The number of hydrogen-bond acceptors (Lipinski definition) is 1. The third-order valence-corrected chi connectivity index (χ3v) is 4.82. The predicted molar refractivity (Wildman–Crippen MR) is 104 cm³/mol. The molecule has 112 valence electrons. The van der Waals surface area contributed by atoms with Gasteiger partial charge in [0.25, 0.3) is 0 Å². The van der Waals surface area contributed by atoms with Gasteiger partial charge in [-0.05, 0) is 22.8 Å². The summed E-state index contributed by atoms with van der Waals surface area (Å²) >= 11 is 0. The molecule has 0 aromatic heterocycles. The van der Waals surface area contributed by atoms with Crippen LogP contribution in [0, 0.1) is 0 Å². The number of nitrogens with two attached hydrogens (primary N) is 1.